The van der Waals surface area contributed by atoms with Gasteiger partial charge in [0.1, 0.15) is 11.4 Å². The number of thioether (sulfide) groups is 1. The number of ether oxygens (including phenoxy) is 1. The predicted molar refractivity (Wildman–Crippen MR) is 80.5 cm³/mol. The third-order valence-electron chi connectivity index (χ3n) is 2.84. The topological polar surface area (TPSA) is 38.3 Å². The summed E-state index contributed by atoms with van der Waals surface area (Å²) in [4.78, 5) is 12.6. The Morgan fingerprint density at radius 2 is 2.10 bits per heavy atom. The van der Waals surface area contributed by atoms with Crippen LogP contribution in [0.25, 0.3) is 0 Å². The molecule has 1 N–H and O–H groups in total. The summed E-state index contributed by atoms with van der Waals surface area (Å²) in [5.74, 6) is -0.135. The second kappa shape index (κ2) is 8.27. The Morgan fingerprint density at radius 1 is 1.40 bits per heavy atom. The van der Waals surface area contributed by atoms with Crippen molar-refractivity contribution in [1.82, 2.24) is 5.32 Å². The Bertz CT molecular complexity index is 442. The minimum absolute atomic E-state index is 0.265. The maximum atomic E-state index is 13.6. The van der Waals surface area contributed by atoms with Crippen LogP contribution in [0.3, 0.4) is 0 Å². The highest BCUT2D eigenvalue weighted by molar-refractivity contribution is 7.99. The van der Waals surface area contributed by atoms with Crippen LogP contribution in [0.1, 0.15) is 27.2 Å². The molecule has 1 unspecified atom stereocenters. The van der Waals surface area contributed by atoms with Crippen LogP contribution in [0, 0.1) is 5.82 Å². The number of rotatable bonds is 8. The lowest BCUT2D eigenvalue weighted by molar-refractivity contribution is -0.149. The van der Waals surface area contributed by atoms with E-state index in [4.69, 9.17) is 4.74 Å². The molecule has 1 aromatic rings. The van der Waals surface area contributed by atoms with Gasteiger partial charge < -0.3 is 10.1 Å². The molecule has 0 saturated carbocycles. The van der Waals surface area contributed by atoms with Gasteiger partial charge in [-0.05, 0) is 38.9 Å². The molecule has 0 saturated heterocycles. The summed E-state index contributed by atoms with van der Waals surface area (Å²) in [7, 11) is 0. The molecule has 0 amide bonds. The van der Waals surface area contributed by atoms with Crippen molar-refractivity contribution in [3.05, 3.63) is 30.1 Å². The number of carbonyl (C=O) groups excluding carboxylic acids is 1. The van der Waals surface area contributed by atoms with Crippen molar-refractivity contribution in [3.8, 4) is 0 Å². The van der Waals surface area contributed by atoms with Crippen LogP contribution >= 0.6 is 11.8 Å². The summed E-state index contributed by atoms with van der Waals surface area (Å²) >= 11 is 1.32. The molecule has 0 heterocycles. The quantitative estimate of drug-likeness (QED) is 0.591. The molecule has 0 aliphatic rings. The van der Waals surface area contributed by atoms with Gasteiger partial charge in [-0.3, -0.25) is 4.79 Å². The Hall–Kier alpha value is -1.07. The molecule has 20 heavy (non-hydrogen) atoms. The summed E-state index contributed by atoms with van der Waals surface area (Å²) in [6.07, 6.45) is 0.916. The highest BCUT2D eigenvalue weighted by Gasteiger charge is 2.34. The van der Waals surface area contributed by atoms with E-state index in [1.165, 1.54) is 17.8 Å². The molecular weight excluding hydrogens is 277 g/mol. The maximum Gasteiger partial charge on any atom is 0.326 e. The molecule has 1 atom stereocenters. The number of nitrogens with one attached hydrogen (secondary N) is 1. The monoisotopic (exact) mass is 299 g/mol. The highest BCUT2D eigenvalue weighted by atomic mass is 32.2. The van der Waals surface area contributed by atoms with Crippen molar-refractivity contribution in [2.45, 2.75) is 37.6 Å². The smallest absolute Gasteiger partial charge is 0.326 e. The van der Waals surface area contributed by atoms with Crippen LogP contribution < -0.4 is 5.32 Å². The van der Waals surface area contributed by atoms with Crippen molar-refractivity contribution >= 4 is 17.7 Å². The van der Waals surface area contributed by atoms with Gasteiger partial charge in [0.2, 0.25) is 0 Å². The van der Waals surface area contributed by atoms with E-state index in [2.05, 4.69) is 5.32 Å². The summed E-state index contributed by atoms with van der Waals surface area (Å²) in [5.41, 5.74) is -0.807. The largest absolute Gasteiger partial charge is 0.465 e. The Kier molecular flexibility index (Phi) is 7.02. The molecule has 0 aliphatic carbocycles. The van der Waals surface area contributed by atoms with E-state index in [0.29, 0.717) is 23.8 Å². The fourth-order valence-corrected chi connectivity index (χ4v) is 2.70. The standard InChI is InChI=1S/C15H22FNO2S/c1-4-10-17-15(3,14(18)19-5-2)11-20-13-9-7-6-8-12(13)16/h6-9,17H,4-5,10-11H2,1-3H3. The minimum Gasteiger partial charge on any atom is -0.465 e. The molecule has 1 rings (SSSR count). The van der Waals surface area contributed by atoms with E-state index in [1.807, 2.05) is 6.92 Å². The first-order valence-corrected chi connectivity index (χ1v) is 7.81. The molecule has 0 radical (unpaired) electrons. The zero-order valence-corrected chi connectivity index (χ0v) is 13.1. The normalized spacial score (nSPS) is 13.8. The molecule has 0 bridgehead atoms. The highest BCUT2D eigenvalue weighted by Crippen LogP contribution is 2.25. The number of halogens is 1. The molecule has 0 fully saturated rings. The molecule has 3 nitrogen and oxygen atoms in total. The van der Waals surface area contributed by atoms with Crippen molar-refractivity contribution in [2.75, 3.05) is 18.9 Å². The van der Waals surface area contributed by atoms with Gasteiger partial charge in [-0.2, -0.15) is 0 Å². The lowest BCUT2D eigenvalue weighted by Gasteiger charge is -2.28. The molecule has 5 heteroatoms. The van der Waals surface area contributed by atoms with Crippen molar-refractivity contribution in [1.29, 1.82) is 0 Å². The molecule has 1 aromatic carbocycles. The molecular formula is C15H22FNO2S. The van der Waals surface area contributed by atoms with E-state index in [1.54, 1.807) is 32.0 Å². The third-order valence-corrected chi connectivity index (χ3v) is 4.21. The van der Waals surface area contributed by atoms with Gasteiger partial charge in [0, 0.05) is 10.6 Å². The van der Waals surface area contributed by atoms with Gasteiger partial charge in [-0.15, -0.1) is 11.8 Å². The Morgan fingerprint density at radius 3 is 2.70 bits per heavy atom. The van der Waals surface area contributed by atoms with E-state index < -0.39 is 5.54 Å². The van der Waals surface area contributed by atoms with Gasteiger partial charge in [0.25, 0.3) is 0 Å². The van der Waals surface area contributed by atoms with E-state index in [-0.39, 0.29) is 11.8 Å². The second-order valence-corrected chi connectivity index (χ2v) is 5.72. The predicted octanol–water partition coefficient (Wildman–Crippen LogP) is 3.24. The van der Waals surface area contributed by atoms with Crippen LogP contribution in [0.15, 0.2) is 29.2 Å². The van der Waals surface area contributed by atoms with Crippen molar-refractivity contribution in [2.24, 2.45) is 0 Å². The first-order chi connectivity index (χ1) is 9.53. The SMILES string of the molecule is CCCNC(C)(CSc1ccccc1F)C(=O)OCC. The van der Waals surface area contributed by atoms with Gasteiger partial charge >= 0.3 is 5.97 Å². The lowest BCUT2D eigenvalue weighted by atomic mass is 10.1. The van der Waals surface area contributed by atoms with Gasteiger partial charge in [-0.1, -0.05) is 19.1 Å². The zero-order chi connectivity index (χ0) is 15.0. The number of hydrogen-bond acceptors (Lipinski definition) is 4. The average molecular weight is 299 g/mol. The van der Waals surface area contributed by atoms with Gasteiger partial charge in [0.15, 0.2) is 0 Å². The van der Waals surface area contributed by atoms with Gasteiger partial charge in [0.05, 0.1) is 6.61 Å². The molecule has 0 aliphatic heterocycles. The summed E-state index contributed by atoms with van der Waals surface area (Å²) in [5, 5.41) is 3.20. The fourth-order valence-electron chi connectivity index (χ4n) is 1.66. The van der Waals surface area contributed by atoms with Crippen LogP contribution in [-0.2, 0) is 9.53 Å². The first kappa shape index (κ1) is 17.0. The summed E-state index contributed by atoms with van der Waals surface area (Å²) in [6, 6.07) is 6.57. The molecule has 0 aromatic heterocycles. The van der Waals surface area contributed by atoms with E-state index in [0.717, 1.165) is 6.42 Å². The average Bonchev–Trinajstić information content (AvgIpc) is 2.44. The van der Waals surface area contributed by atoms with Crippen molar-refractivity contribution < 1.29 is 13.9 Å². The maximum absolute atomic E-state index is 13.6. The Balaban J connectivity index is 2.74. The second-order valence-electron chi connectivity index (χ2n) is 4.70. The third kappa shape index (κ3) is 4.80. The number of benzene rings is 1. The number of hydrogen-bond donors (Lipinski definition) is 1. The lowest BCUT2D eigenvalue weighted by Crippen LogP contribution is -2.52. The van der Waals surface area contributed by atoms with Crippen LogP contribution in [0.2, 0.25) is 0 Å². The van der Waals surface area contributed by atoms with Crippen LogP contribution in [0.4, 0.5) is 4.39 Å². The fraction of sp³-hybridized carbons (Fsp3) is 0.533. The Labute approximate surface area is 124 Å². The molecule has 0 spiro atoms. The molecule has 112 valence electrons. The van der Waals surface area contributed by atoms with Crippen LogP contribution in [0.5, 0.6) is 0 Å². The minimum atomic E-state index is -0.807. The number of esters is 1. The van der Waals surface area contributed by atoms with Crippen molar-refractivity contribution in [3.63, 3.8) is 0 Å². The van der Waals surface area contributed by atoms with Gasteiger partial charge in [-0.25, -0.2) is 4.39 Å². The summed E-state index contributed by atoms with van der Waals surface area (Å²) in [6.45, 7) is 6.67. The van der Waals surface area contributed by atoms with E-state index >= 15 is 0 Å². The zero-order valence-electron chi connectivity index (χ0n) is 12.2. The van der Waals surface area contributed by atoms with E-state index in [9.17, 15) is 9.18 Å². The van der Waals surface area contributed by atoms with Crippen LogP contribution in [-0.4, -0.2) is 30.4 Å². The summed E-state index contributed by atoms with van der Waals surface area (Å²) < 4.78 is 18.7. The first-order valence-electron chi connectivity index (χ1n) is 6.83. The number of carbonyl (C=O) groups is 1.